The van der Waals surface area contributed by atoms with Crippen LogP contribution in [0.4, 0.5) is 0 Å². The first-order valence-electron chi connectivity index (χ1n) is 12.9. The minimum Gasteiger partial charge on any atom is -0.489 e. The molecule has 3 heterocycles. The molecule has 0 bridgehead atoms. The molecule has 0 saturated carbocycles. The summed E-state index contributed by atoms with van der Waals surface area (Å²) in [4.78, 5) is 15.0. The highest BCUT2D eigenvalue weighted by Crippen LogP contribution is 2.39. The average molecular weight is 489 g/mol. The zero-order valence-corrected chi connectivity index (χ0v) is 21.3. The van der Waals surface area contributed by atoms with E-state index >= 15 is 0 Å². The van der Waals surface area contributed by atoms with Crippen molar-refractivity contribution in [2.75, 3.05) is 19.6 Å². The number of ether oxygens (including phenoxy) is 2. The molecule has 5 rings (SSSR count). The van der Waals surface area contributed by atoms with Gasteiger partial charge in [0, 0.05) is 33.2 Å². The third-order valence-corrected chi connectivity index (χ3v) is 7.41. The molecular formula is C29H36N4O3. The van der Waals surface area contributed by atoms with Crippen LogP contribution < -0.4 is 10.1 Å². The molecule has 190 valence electrons. The van der Waals surface area contributed by atoms with Gasteiger partial charge in [-0.15, -0.1) is 0 Å². The molecule has 1 spiro atoms. The number of aromatic nitrogens is 2. The lowest BCUT2D eigenvalue weighted by atomic mass is 9.88. The maximum absolute atomic E-state index is 12.5. The molecule has 7 nitrogen and oxygen atoms in total. The van der Waals surface area contributed by atoms with Crippen LogP contribution in [-0.4, -0.2) is 51.9 Å². The number of rotatable bonds is 8. The van der Waals surface area contributed by atoms with E-state index in [9.17, 15) is 4.79 Å². The van der Waals surface area contributed by atoms with E-state index in [-0.39, 0.29) is 17.6 Å². The number of carbonyl (C=O) groups excluding carboxylic acids is 1. The highest BCUT2D eigenvalue weighted by molar-refractivity contribution is 5.92. The second kappa shape index (κ2) is 10.8. The highest BCUT2D eigenvalue weighted by Gasteiger charge is 2.42. The predicted octanol–water partition coefficient (Wildman–Crippen LogP) is 4.25. The number of piperidine rings is 1. The van der Waals surface area contributed by atoms with Gasteiger partial charge in [-0.3, -0.25) is 14.4 Å². The first kappa shape index (κ1) is 24.5. The fourth-order valence-electron chi connectivity index (χ4n) is 5.34. The predicted molar refractivity (Wildman–Crippen MR) is 139 cm³/mol. The first-order valence-corrected chi connectivity index (χ1v) is 12.9. The van der Waals surface area contributed by atoms with Gasteiger partial charge < -0.3 is 14.8 Å². The molecule has 7 heteroatoms. The van der Waals surface area contributed by atoms with Crippen LogP contribution in [0.15, 0.2) is 60.7 Å². The van der Waals surface area contributed by atoms with Gasteiger partial charge in [0.1, 0.15) is 18.1 Å². The summed E-state index contributed by atoms with van der Waals surface area (Å²) in [6.07, 6.45) is 4.22. The molecule has 2 aliphatic heterocycles. The van der Waals surface area contributed by atoms with E-state index in [1.807, 2.05) is 31.2 Å². The Balaban J connectivity index is 1.04. The van der Waals surface area contributed by atoms with Gasteiger partial charge in [-0.2, -0.15) is 5.10 Å². The van der Waals surface area contributed by atoms with Crippen molar-refractivity contribution in [3.63, 3.8) is 0 Å². The molecule has 0 radical (unpaired) electrons. The van der Waals surface area contributed by atoms with Crippen LogP contribution in [-0.2, 0) is 24.9 Å². The lowest BCUT2D eigenvalue weighted by Gasteiger charge is -2.39. The van der Waals surface area contributed by atoms with E-state index < -0.39 is 0 Å². The highest BCUT2D eigenvalue weighted by atomic mass is 16.5. The van der Waals surface area contributed by atoms with Crippen LogP contribution in [0.1, 0.15) is 53.0 Å². The van der Waals surface area contributed by atoms with E-state index in [0.29, 0.717) is 18.8 Å². The Morgan fingerprint density at radius 1 is 1.08 bits per heavy atom. The summed E-state index contributed by atoms with van der Waals surface area (Å²) < 4.78 is 14.1. The summed E-state index contributed by atoms with van der Waals surface area (Å²) in [7, 11) is 1.80. The van der Waals surface area contributed by atoms with E-state index in [2.05, 4.69) is 51.7 Å². The lowest BCUT2D eigenvalue weighted by molar-refractivity contribution is -0.0764. The Morgan fingerprint density at radius 3 is 2.53 bits per heavy atom. The fraction of sp³-hybridized carbons (Fsp3) is 0.448. The smallest absolute Gasteiger partial charge is 0.269 e. The van der Waals surface area contributed by atoms with Crippen molar-refractivity contribution in [1.82, 2.24) is 20.0 Å². The van der Waals surface area contributed by atoms with Crippen molar-refractivity contribution >= 4 is 5.91 Å². The molecule has 36 heavy (non-hydrogen) atoms. The van der Waals surface area contributed by atoms with Gasteiger partial charge >= 0.3 is 0 Å². The van der Waals surface area contributed by atoms with Gasteiger partial charge in [-0.25, -0.2) is 0 Å². The number of nitrogens with one attached hydrogen (secondary N) is 1. The van der Waals surface area contributed by atoms with Gasteiger partial charge in [-0.1, -0.05) is 42.5 Å². The van der Waals surface area contributed by atoms with Crippen molar-refractivity contribution < 1.29 is 14.3 Å². The molecule has 1 amide bonds. The van der Waals surface area contributed by atoms with Crippen LogP contribution in [0.2, 0.25) is 0 Å². The van der Waals surface area contributed by atoms with Crippen molar-refractivity contribution in [2.45, 2.75) is 57.5 Å². The average Bonchev–Trinajstić information content (AvgIpc) is 3.46. The number of carbonyl (C=O) groups is 1. The van der Waals surface area contributed by atoms with Crippen molar-refractivity contribution in [1.29, 1.82) is 0 Å². The summed E-state index contributed by atoms with van der Waals surface area (Å²) in [5.74, 6) is 0.810. The minimum atomic E-state index is -0.0889. The number of hydrogen-bond acceptors (Lipinski definition) is 5. The van der Waals surface area contributed by atoms with Gasteiger partial charge in [0.15, 0.2) is 0 Å². The van der Waals surface area contributed by atoms with Crippen LogP contribution in [0.25, 0.3) is 0 Å². The van der Waals surface area contributed by atoms with Gasteiger partial charge in [0.05, 0.1) is 17.4 Å². The number of likely N-dealkylation sites (tertiary alicyclic amines) is 1. The third kappa shape index (κ3) is 5.97. The Kier molecular flexibility index (Phi) is 7.39. The van der Waals surface area contributed by atoms with Gasteiger partial charge in [0.2, 0.25) is 0 Å². The van der Waals surface area contributed by atoms with E-state index in [4.69, 9.17) is 9.47 Å². The topological polar surface area (TPSA) is 68.6 Å². The molecule has 2 fully saturated rings. The summed E-state index contributed by atoms with van der Waals surface area (Å²) in [6.45, 7) is 6.02. The zero-order valence-electron chi connectivity index (χ0n) is 21.3. The summed E-state index contributed by atoms with van der Waals surface area (Å²) in [5, 5.41) is 7.29. The number of aryl methyl sites for hydroxylation is 2. The van der Waals surface area contributed by atoms with E-state index in [1.54, 1.807) is 11.7 Å². The van der Waals surface area contributed by atoms with Gasteiger partial charge in [0.25, 0.3) is 5.91 Å². The quantitative estimate of drug-likeness (QED) is 0.513. The Labute approximate surface area is 213 Å². The molecule has 2 aliphatic rings. The Hall–Kier alpha value is -3.16. The van der Waals surface area contributed by atoms with Crippen LogP contribution in [0.3, 0.4) is 0 Å². The molecular weight excluding hydrogens is 452 g/mol. The van der Waals surface area contributed by atoms with Gasteiger partial charge in [-0.05, 0) is 61.9 Å². The zero-order chi connectivity index (χ0) is 25.0. The van der Waals surface area contributed by atoms with Crippen molar-refractivity contribution in [3.8, 4) is 5.75 Å². The molecule has 0 unspecified atom stereocenters. The molecule has 3 aromatic rings. The van der Waals surface area contributed by atoms with E-state index in [1.165, 1.54) is 11.1 Å². The normalized spacial score (nSPS) is 19.4. The maximum atomic E-state index is 12.5. The largest absolute Gasteiger partial charge is 0.489 e. The third-order valence-electron chi connectivity index (χ3n) is 7.41. The number of benzene rings is 2. The fourth-order valence-corrected chi connectivity index (χ4v) is 5.34. The molecule has 1 atom stereocenters. The monoisotopic (exact) mass is 488 g/mol. The molecule has 1 N–H and O–H groups in total. The number of amides is 1. The van der Waals surface area contributed by atoms with E-state index in [0.717, 1.165) is 56.8 Å². The number of nitrogens with zero attached hydrogens (tertiary/aromatic N) is 3. The number of hydrogen-bond donors (Lipinski definition) is 1. The second-order valence-corrected chi connectivity index (χ2v) is 10.2. The molecule has 0 aliphatic carbocycles. The van der Waals surface area contributed by atoms with Crippen molar-refractivity contribution in [3.05, 3.63) is 83.2 Å². The Bertz CT molecular complexity index is 1150. The molecule has 1 aromatic heterocycles. The summed E-state index contributed by atoms with van der Waals surface area (Å²) >= 11 is 0. The maximum Gasteiger partial charge on any atom is 0.269 e. The molecule has 2 saturated heterocycles. The molecule has 2 aromatic carbocycles. The van der Waals surface area contributed by atoms with Crippen molar-refractivity contribution in [2.24, 2.45) is 7.05 Å². The van der Waals surface area contributed by atoms with Crippen LogP contribution in [0, 0.1) is 6.92 Å². The Morgan fingerprint density at radius 2 is 1.83 bits per heavy atom. The standard InChI is InChI=1S/C29H36N4O3/c1-22-18-27(32(2)31-22)28(34)30-19-26-12-13-29(36-26)14-16-33(17-15-29)20-23-8-10-25(11-9-23)35-21-24-6-4-3-5-7-24/h3-11,18,26H,12-17,19-21H2,1-2H3,(H,30,34)/t26-/m0/s1. The summed E-state index contributed by atoms with van der Waals surface area (Å²) in [5.41, 5.74) is 3.87. The lowest BCUT2D eigenvalue weighted by Crippen LogP contribution is -2.44. The summed E-state index contributed by atoms with van der Waals surface area (Å²) in [6, 6.07) is 20.5. The minimum absolute atomic E-state index is 0.0376. The second-order valence-electron chi connectivity index (χ2n) is 10.2. The van der Waals surface area contributed by atoms with Crippen LogP contribution in [0.5, 0.6) is 5.75 Å². The van der Waals surface area contributed by atoms with Crippen LogP contribution >= 0.6 is 0 Å². The SMILES string of the molecule is Cc1cc(C(=O)NC[C@@H]2CCC3(CCN(Cc4ccc(OCc5ccccc5)cc4)CC3)O2)n(C)n1. The first-order chi connectivity index (χ1) is 17.5.